The highest BCUT2D eigenvalue weighted by Gasteiger charge is 2.20. The third-order valence-electron chi connectivity index (χ3n) is 4.09. The van der Waals surface area contributed by atoms with Gasteiger partial charge in [0.05, 0.1) is 11.0 Å². The summed E-state index contributed by atoms with van der Waals surface area (Å²) in [4.78, 5) is 19.9. The van der Waals surface area contributed by atoms with Crippen LogP contribution in [0.2, 0.25) is 0 Å². The van der Waals surface area contributed by atoms with Crippen molar-refractivity contribution >= 4 is 22.6 Å². The number of hydrogen-bond donors (Lipinski definition) is 2. The molecule has 4 heteroatoms. The number of fused-ring (bicyclic) bond motifs is 1. The molecule has 0 atom stereocenters. The molecule has 1 saturated carbocycles. The molecule has 2 aromatic rings. The molecule has 0 saturated heterocycles. The minimum atomic E-state index is 0.169. The van der Waals surface area contributed by atoms with Gasteiger partial charge in [-0.2, -0.15) is 0 Å². The zero-order chi connectivity index (χ0) is 13.9. The van der Waals surface area contributed by atoms with Gasteiger partial charge in [-0.3, -0.25) is 4.79 Å². The number of aromatic nitrogens is 2. The summed E-state index contributed by atoms with van der Waals surface area (Å²) >= 11 is 0. The van der Waals surface area contributed by atoms with E-state index in [0.717, 1.165) is 35.4 Å². The molecule has 106 valence electrons. The molecule has 0 aliphatic heterocycles. The van der Waals surface area contributed by atoms with Crippen LogP contribution in [0, 0.1) is 12.8 Å². The Morgan fingerprint density at radius 1 is 1.25 bits per heavy atom. The first-order valence-corrected chi connectivity index (χ1v) is 7.49. The second-order valence-electron chi connectivity index (χ2n) is 5.73. The first kappa shape index (κ1) is 13.2. The van der Waals surface area contributed by atoms with Gasteiger partial charge in [0, 0.05) is 11.6 Å². The van der Waals surface area contributed by atoms with Gasteiger partial charge in [-0.05, 0) is 38.0 Å². The fourth-order valence-electron chi connectivity index (χ4n) is 3.00. The lowest BCUT2D eigenvalue weighted by molar-refractivity contribution is -0.120. The average molecular weight is 271 g/mol. The van der Waals surface area contributed by atoms with Crippen molar-refractivity contribution in [3.8, 4) is 0 Å². The number of amides is 1. The number of rotatable bonds is 2. The Morgan fingerprint density at radius 2 is 2.00 bits per heavy atom. The van der Waals surface area contributed by atoms with E-state index in [1.54, 1.807) is 0 Å². The van der Waals surface area contributed by atoms with Crippen LogP contribution in [0.15, 0.2) is 18.2 Å². The van der Waals surface area contributed by atoms with Crippen LogP contribution in [0.3, 0.4) is 0 Å². The molecule has 4 nitrogen and oxygen atoms in total. The monoisotopic (exact) mass is 271 g/mol. The Hall–Kier alpha value is -1.84. The number of nitrogens with one attached hydrogen (secondary N) is 2. The van der Waals surface area contributed by atoms with Crippen molar-refractivity contribution in [2.24, 2.45) is 5.92 Å². The van der Waals surface area contributed by atoms with Crippen molar-refractivity contribution in [3.63, 3.8) is 0 Å². The van der Waals surface area contributed by atoms with Crippen LogP contribution in [0.25, 0.3) is 11.0 Å². The number of anilines is 1. The summed E-state index contributed by atoms with van der Waals surface area (Å²) in [7, 11) is 0. The van der Waals surface area contributed by atoms with Crippen LogP contribution >= 0.6 is 0 Å². The molecule has 3 rings (SSSR count). The van der Waals surface area contributed by atoms with Gasteiger partial charge in [-0.25, -0.2) is 4.98 Å². The highest BCUT2D eigenvalue weighted by molar-refractivity contribution is 5.94. The molecule has 0 radical (unpaired) electrons. The van der Waals surface area contributed by atoms with Gasteiger partial charge in [0.2, 0.25) is 5.91 Å². The number of nitrogens with zero attached hydrogens (tertiary/aromatic N) is 1. The number of H-pyrrole nitrogens is 1. The summed E-state index contributed by atoms with van der Waals surface area (Å²) in [6, 6.07) is 5.84. The molecule has 0 unspecified atom stereocenters. The first-order chi connectivity index (χ1) is 9.72. The van der Waals surface area contributed by atoms with E-state index in [2.05, 4.69) is 15.3 Å². The highest BCUT2D eigenvalue weighted by atomic mass is 16.1. The molecule has 1 aliphatic carbocycles. The minimum Gasteiger partial charge on any atom is -0.342 e. The second-order valence-corrected chi connectivity index (χ2v) is 5.73. The predicted molar refractivity (Wildman–Crippen MR) is 80.7 cm³/mol. The summed E-state index contributed by atoms with van der Waals surface area (Å²) < 4.78 is 0. The van der Waals surface area contributed by atoms with Crippen LogP contribution in [-0.4, -0.2) is 15.9 Å². The van der Waals surface area contributed by atoms with Crippen molar-refractivity contribution < 1.29 is 4.79 Å². The van der Waals surface area contributed by atoms with Crippen LogP contribution in [0.1, 0.15) is 44.3 Å². The van der Waals surface area contributed by atoms with Crippen molar-refractivity contribution in [3.05, 3.63) is 24.0 Å². The summed E-state index contributed by atoms with van der Waals surface area (Å²) in [5, 5.41) is 3.05. The van der Waals surface area contributed by atoms with E-state index in [1.165, 1.54) is 25.7 Å². The standard InChI is InChI=1S/C16H21N3O/c1-11-17-14-9-8-13(10-15(14)18-11)19-16(20)12-6-4-2-3-5-7-12/h8-10,12H,2-7H2,1H3,(H,17,18)(H,19,20). The molecular formula is C16H21N3O. The van der Waals surface area contributed by atoms with Crippen LogP contribution in [0.5, 0.6) is 0 Å². The normalized spacial score (nSPS) is 17.1. The topological polar surface area (TPSA) is 57.8 Å². The summed E-state index contributed by atoms with van der Waals surface area (Å²) in [5.41, 5.74) is 2.77. The third-order valence-corrected chi connectivity index (χ3v) is 4.09. The lowest BCUT2D eigenvalue weighted by Gasteiger charge is -2.14. The van der Waals surface area contributed by atoms with Gasteiger partial charge < -0.3 is 10.3 Å². The van der Waals surface area contributed by atoms with Crippen molar-refractivity contribution in [2.75, 3.05) is 5.32 Å². The number of benzene rings is 1. The third kappa shape index (κ3) is 2.84. The lowest BCUT2D eigenvalue weighted by atomic mass is 9.99. The first-order valence-electron chi connectivity index (χ1n) is 7.49. The molecule has 0 bridgehead atoms. The quantitative estimate of drug-likeness (QED) is 0.817. The maximum Gasteiger partial charge on any atom is 0.227 e. The van der Waals surface area contributed by atoms with E-state index >= 15 is 0 Å². The van der Waals surface area contributed by atoms with Gasteiger partial charge in [0.15, 0.2) is 0 Å². The van der Waals surface area contributed by atoms with Gasteiger partial charge >= 0.3 is 0 Å². The summed E-state index contributed by atoms with van der Waals surface area (Å²) in [5.74, 6) is 1.24. The van der Waals surface area contributed by atoms with E-state index in [4.69, 9.17) is 0 Å². The maximum absolute atomic E-state index is 12.3. The van der Waals surface area contributed by atoms with E-state index in [1.807, 2.05) is 25.1 Å². The fourth-order valence-corrected chi connectivity index (χ4v) is 3.00. The van der Waals surface area contributed by atoms with Crippen molar-refractivity contribution in [1.29, 1.82) is 0 Å². The van der Waals surface area contributed by atoms with Crippen LogP contribution in [-0.2, 0) is 4.79 Å². The molecule has 1 aromatic heterocycles. The van der Waals surface area contributed by atoms with Crippen LogP contribution in [0.4, 0.5) is 5.69 Å². The molecule has 1 aromatic carbocycles. The van der Waals surface area contributed by atoms with E-state index in [9.17, 15) is 4.79 Å². The van der Waals surface area contributed by atoms with Gasteiger partial charge in [0.1, 0.15) is 5.82 Å². The summed E-state index contributed by atoms with van der Waals surface area (Å²) in [6.45, 7) is 1.93. The molecular weight excluding hydrogens is 250 g/mol. The van der Waals surface area contributed by atoms with E-state index in [0.29, 0.717) is 0 Å². The molecule has 0 spiro atoms. The zero-order valence-corrected chi connectivity index (χ0v) is 11.9. The summed E-state index contributed by atoms with van der Waals surface area (Å²) in [6.07, 6.45) is 6.94. The van der Waals surface area contributed by atoms with E-state index < -0.39 is 0 Å². The Balaban J connectivity index is 1.72. The Kier molecular flexibility index (Phi) is 3.72. The lowest BCUT2D eigenvalue weighted by Crippen LogP contribution is -2.22. The Labute approximate surface area is 119 Å². The number of aromatic amines is 1. The van der Waals surface area contributed by atoms with Gasteiger partial charge in [-0.1, -0.05) is 25.7 Å². The Morgan fingerprint density at radius 3 is 2.75 bits per heavy atom. The zero-order valence-electron chi connectivity index (χ0n) is 11.9. The van der Waals surface area contributed by atoms with Gasteiger partial charge in [-0.15, -0.1) is 0 Å². The smallest absolute Gasteiger partial charge is 0.227 e. The molecule has 1 fully saturated rings. The molecule has 1 amide bonds. The molecule has 1 aliphatic rings. The Bertz CT molecular complexity index is 609. The number of imidazole rings is 1. The van der Waals surface area contributed by atoms with Crippen LogP contribution < -0.4 is 5.32 Å². The fraction of sp³-hybridized carbons (Fsp3) is 0.500. The second kappa shape index (κ2) is 5.65. The average Bonchev–Trinajstić information content (AvgIpc) is 2.64. The van der Waals surface area contributed by atoms with Crippen molar-refractivity contribution in [1.82, 2.24) is 9.97 Å². The predicted octanol–water partition coefficient (Wildman–Crippen LogP) is 3.78. The maximum atomic E-state index is 12.3. The minimum absolute atomic E-state index is 0.169. The molecule has 20 heavy (non-hydrogen) atoms. The number of carbonyl (C=O) groups is 1. The highest BCUT2D eigenvalue weighted by Crippen LogP contribution is 2.25. The van der Waals surface area contributed by atoms with Gasteiger partial charge in [0.25, 0.3) is 0 Å². The van der Waals surface area contributed by atoms with Crippen molar-refractivity contribution in [2.45, 2.75) is 45.4 Å². The number of carbonyl (C=O) groups excluding carboxylic acids is 1. The van der Waals surface area contributed by atoms with E-state index in [-0.39, 0.29) is 11.8 Å². The molecule has 1 heterocycles. The molecule has 2 N–H and O–H groups in total. The number of aryl methyl sites for hydroxylation is 1. The number of hydrogen-bond acceptors (Lipinski definition) is 2. The largest absolute Gasteiger partial charge is 0.342 e. The SMILES string of the molecule is Cc1nc2ccc(NC(=O)C3CCCCCC3)cc2[nH]1.